The second kappa shape index (κ2) is 5.48. The van der Waals surface area contributed by atoms with Crippen LogP contribution in [0.3, 0.4) is 0 Å². The van der Waals surface area contributed by atoms with Crippen molar-refractivity contribution in [2.24, 2.45) is 0 Å². The van der Waals surface area contributed by atoms with Crippen LogP contribution >= 0.6 is 23.2 Å². The van der Waals surface area contributed by atoms with Gasteiger partial charge in [0.1, 0.15) is 5.75 Å². The molecule has 0 aliphatic carbocycles. The summed E-state index contributed by atoms with van der Waals surface area (Å²) in [6, 6.07) is 4.84. The molecule has 0 amide bonds. The van der Waals surface area contributed by atoms with Crippen LogP contribution in [-0.2, 0) is 15.6 Å². The molecule has 0 bridgehead atoms. The van der Waals surface area contributed by atoms with Crippen molar-refractivity contribution in [2.45, 2.75) is 12.7 Å². The van der Waals surface area contributed by atoms with Crippen LogP contribution in [0, 0.1) is 0 Å². The smallest absolute Gasteiger partial charge is 0.242 e. The number of sulfone groups is 1. The maximum absolute atomic E-state index is 11.5. The Hall–Kier alpha value is -1.11. The van der Waals surface area contributed by atoms with Crippen LogP contribution in [0.15, 0.2) is 22.7 Å². The van der Waals surface area contributed by atoms with Crippen LogP contribution in [0.4, 0.5) is 0 Å². The molecule has 0 N–H and O–H groups in total. The molecule has 0 aliphatic heterocycles. The van der Waals surface area contributed by atoms with E-state index in [9.17, 15) is 8.42 Å². The monoisotopic (exact) mass is 320 g/mol. The zero-order valence-corrected chi connectivity index (χ0v) is 12.3. The van der Waals surface area contributed by atoms with Gasteiger partial charge in [0.25, 0.3) is 0 Å². The van der Waals surface area contributed by atoms with Crippen molar-refractivity contribution in [2.75, 3.05) is 5.75 Å². The lowest BCUT2D eigenvalue weighted by molar-refractivity contribution is 0.389. The first kappa shape index (κ1) is 14.3. The summed E-state index contributed by atoms with van der Waals surface area (Å²) >= 11 is 11.8. The summed E-state index contributed by atoms with van der Waals surface area (Å²) in [4.78, 5) is 4.02. The van der Waals surface area contributed by atoms with Crippen LogP contribution in [0.2, 0.25) is 10.0 Å². The van der Waals surface area contributed by atoms with Gasteiger partial charge in [0, 0.05) is 16.3 Å². The van der Waals surface area contributed by atoms with E-state index < -0.39 is 9.84 Å². The maximum Gasteiger partial charge on any atom is 0.242 e. The molecule has 0 atom stereocenters. The minimum Gasteiger partial charge on any atom is -0.338 e. The molecule has 0 saturated heterocycles. The third-order valence-electron chi connectivity index (χ3n) is 2.42. The molecule has 0 fully saturated rings. The molecule has 0 saturated carbocycles. The summed E-state index contributed by atoms with van der Waals surface area (Å²) in [6.07, 6.45) is 0. The van der Waals surface area contributed by atoms with Gasteiger partial charge < -0.3 is 4.52 Å². The molecular formula is C11H10Cl2N2O3S. The van der Waals surface area contributed by atoms with E-state index in [-0.39, 0.29) is 23.2 Å². The molecular weight excluding hydrogens is 311 g/mol. The number of hydrogen-bond acceptors (Lipinski definition) is 5. The van der Waals surface area contributed by atoms with Crippen molar-refractivity contribution in [1.82, 2.24) is 10.1 Å². The molecule has 1 aromatic heterocycles. The Bertz CT molecular complexity index is 698. The molecule has 1 aromatic carbocycles. The third-order valence-corrected chi connectivity index (χ3v) is 4.54. The normalized spacial score (nSPS) is 11.7. The van der Waals surface area contributed by atoms with E-state index in [1.165, 1.54) is 0 Å². The summed E-state index contributed by atoms with van der Waals surface area (Å²) < 4.78 is 27.8. The quantitative estimate of drug-likeness (QED) is 0.865. The van der Waals surface area contributed by atoms with Gasteiger partial charge in [0.2, 0.25) is 11.7 Å². The van der Waals surface area contributed by atoms with Gasteiger partial charge in [-0.2, -0.15) is 4.98 Å². The van der Waals surface area contributed by atoms with Crippen molar-refractivity contribution in [1.29, 1.82) is 0 Å². The Morgan fingerprint density at radius 2 is 2.05 bits per heavy atom. The Morgan fingerprint density at radius 3 is 2.68 bits per heavy atom. The van der Waals surface area contributed by atoms with Gasteiger partial charge in [-0.1, -0.05) is 35.3 Å². The molecule has 8 heteroatoms. The molecule has 2 rings (SSSR count). The highest BCUT2D eigenvalue weighted by Gasteiger charge is 2.17. The van der Waals surface area contributed by atoms with Crippen LogP contribution < -0.4 is 0 Å². The summed E-state index contributed by atoms with van der Waals surface area (Å²) in [5.41, 5.74) is 0.537. The number of nitrogens with zero attached hydrogens (tertiary/aromatic N) is 2. The fourth-order valence-corrected chi connectivity index (χ4v) is 2.57. The molecule has 0 radical (unpaired) electrons. The topological polar surface area (TPSA) is 73.1 Å². The Kier molecular flexibility index (Phi) is 4.13. The van der Waals surface area contributed by atoms with Crippen LogP contribution in [0.25, 0.3) is 11.4 Å². The van der Waals surface area contributed by atoms with Gasteiger partial charge in [-0.15, -0.1) is 0 Å². The highest BCUT2D eigenvalue weighted by atomic mass is 35.5. The van der Waals surface area contributed by atoms with Crippen molar-refractivity contribution in [3.8, 4) is 11.4 Å². The first-order chi connectivity index (χ1) is 8.91. The highest BCUT2D eigenvalue weighted by molar-refractivity contribution is 7.90. The number of aromatic nitrogens is 2. The van der Waals surface area contributed by atoms with Crippen molar-refractivity contribution in [3.05, 3.63) is 34.1 Å². The minimum absolute atomic E-state index is 0.0203. The fourth-order valence-electron chi connectivity index (χ4n) is 1.38. The lowest BCUT2D eigenvalue weighted by Gasteiger charge is -1.98. The summed E-state index contributed by atoms with van der Waals surface area (Å²) in [5, 5.41) is 4.58. The standard InChI is InChI=1S/C11H10Cl2N2O3S/c1-2-19(16,17)6-10-14-11(15-18-10)8-4-3-7(12)5-9(8)13/h3-5H,2,6H2,1H3. The molecule has 1 heterocycles. The number of benzene rings is 1. The SMILES string of the molecule is CCS(=O)(=O)Cc1nc(-c2ccc(Cl)cc2Cl)no1. The van der Waals surface area contributed by atoms with E-state index >= 15 is 0 Å². The largest absolute Gasteiger partial charge is 0.338 e. The van der Waals surface area contributed by atoms with Gasteiger partial charge in [-0.05, 0) is 18.2 Å². The summed E-state index contributed by atoms with van der Waals surface area (Å²) in [6.45, 7) is 1.56. The third kappa shape index (κ3) is 3.46. The van der Waals surface area contributed by atoms with Crippen molar-refractivity contribution < 1.29 is 12.9 Å². The molecule has 0 aliphatic rings. The predicted molar refractivity (Wildman–Crippen MR) is 72.9 cm³/mol. The van der Waals surface area contributed by atoms with Gasteiger partial charge in [0.05, 0.1) is 5.02 Å². The van der Waals surface area contributed by atoms with Gasteiger partial charge >= 0.3 is 0 Å². The van der Waals surface area contributed by atoms with Crippen LogP contribution in [0.1, 0.15) is 12.8 Å². The minimum atomic E-state index is -3.21. The van der Waals surface area contributed by atoms with E-state index in [4.69, 9.17) is 27.7 Å². The van der Waals surface area contributed by atoms with Crippen LogP contribution in [-0.4, -0.2) is 24.3 Å². The zero-order chi connectivity index (χ0) is 14.0. The van der Waals surface area contributed by atoms with Crippen LogP contribution in [0.5, 0.6) is 0 Å². The number of hydrogen-bond donors (Lipinski definition) is 0. The lowest BCUT2D eigenvalue weighted by Crippen LogP contribution is -2.06. The maximum atomic E-state index is 11.5. The van der Waals surface area contributed by atoms with Crippen molar-refractivity contribution >= 4 is 33.0 Å². The Labute approximate surface area is 120 Å². The number of rotatable bonds is 4. The second-order valence-electron chi connectivity index (χ2n) is 3.81. The lowest BCUT2D eigenvalue weighted by atomic mass is 10.2. The molecule has 0 spiro atoms. The molecule has 0 unspecified atom stereocenters. The molecule has 5 nitrogen and oxygen atoms in total. The highest BCUT2D eigenvalue weighted by Crippen LogP contribution is 2.28. The first-order valence-corrected chi connectivity index (χ1v) is 7.97. The molecule has 102 valence electrons. The van der Waals surface area contributed by atoms with Gasteiger partial charge in [-0.3, -0.25) is 0 Å². The fraction of sp³-hybridized carbons (Fsp3) is 0.273. The predicted octanol–water partition coefficient (Wildman–Crippen LogP) is 2.98. The molecule has 2 aromatic rings. The van der Waals surface area contributed by atoms with E-state index in [0.29, 0.717) is 15.6 Å². The second-order valence-corrected chi connectivity index (χ2v) is 7.01. The first-order valence-electron chi connectivity index (χ1n) is 5.39. The van der Waals surface area contributed by atoms with Gasteiger partial charge in [0.15, 0.2) is 9.84 Å². The zero-order valence-electron chi connectivity index (χ0n) is 9.93. The average molecular weight is 321 g/mol. The summed E-state index contributed by atoms with van der Waals surface area (Å²) in [5.74, 6) is 0.0274. The molecule has 19 heavy (non-hydrogen) atoms. The summed E-state index contributed by atoms with van der Waals surface area (Å²) in [7, 11) is -3.21. The van der Waals surface area contributed by atoms with Crippen molar-refractivity contribution in [3.63, 3.8) is 0 Å². The van der Waals surface area contributed by atoms with E-state index in [0.717, 1.165) is 0 Å². The number of halogens is 2. The van der Waals surface area contributed by atoms with Gasteiger partial charge in [-0.25, -0.2) is 8.42 Å². The Morgan fingerprint density at radius 1 is 1.32 bits per heavy atom. The Balaban J connectivity index is 2.31. The average Bonchev–Trinajstić information content (AvgIpc) is 2.76. The van der Waals surface area contributed by atoms with E-state index in [1.54, 1.807) is 25.1 Å². The van der Waals surface area contributed by atoms with E-state index in [1.807, 2.05) is 0 Å². The van der Waals surface area contributed by atoms with E-state index in [2.05, 4.69) is 10.1 Å².